The summed E-state index contributed by atoms with van der Waals surface area (Å²) in [6, 6.07) is 0. The fraction of sp³-hybridized carbons (Fsp3) is 0.429. The van der Waals surface area contributed by atoms with Crippen LogP contribution in [0.4, 0.5) is 0 Å². The standard InChI is InChI=1S/2C10H15.C6H6.C2H6P.2Ru/c2*1-6-7(2)9(4)10(5)8(6)3;1-2-4-6-5-3-1;1-3-2;;/h2*1-5H3;1-6H;1-2H3;;/q;;;-1;+1;+2. The van der Waals surface area contributed by atoms with Crippen molar-refractivity contribution in [2.75, 3.05) is 13.3 Å². The minimum absolute atomic E-state index is 0. The number of rotatable bonds is 0. The van der Waals surface area contributed by atoms with E-state index < -0.39 is 0 Å². The molecule has 0 heterocycles. The van der Waals surface area contributed by atoms with Crippen LogP contribution in [0.25, 0.3) is 0 Å². The van der Waals surface area contributed by atoms with Crippen molar-refractivity contribution in [1.82, 2.24) is 0 Å². The SMILES string of the molecule is C[C]1[C](C)[C](C)[C](C)[C]1C.C[C]1[C](C)[C](C)[C](C)[C]1C.C[P-]C.[CH]1[CH][CH][CH][CH][CH]1.[Ru+2].[Ru+]. The van der Waals surface area contributed by atoms with Crippen molar-refractivity contribution in [3.8, 4) is 0 Å². The van der Waals surface area contributed by atoms with Gasteiger partial charge < -0.3 is 8.58 Å². The monoisotopic (exact) mass is 613 g/mol. The minimum Gasteiger partial charge on any atom is -0.547 e. The van der Waals surface area contributed by atoms with Gasteiger partial charge in [-0.05, 0) is 97.7 Å². The van der Waals surface area contributed by atoms with E-state index in [9.17, 15) is 0 Å². The fourth-order valence-corrected chi connectivity index (χ4v) is 3.20. The molecule has 0 nitrogen and oxygen atoms in total. The van der Waals surface area contributed by atoms with Crippen LogP contribution in [0.2, 0.25) is 0 Å². The van der Waals surface area contributed by atoms with E-state index in [4.69, 9.17) is 0 Å². The average Bonchev–Trinajstić information content (AvgIpc) is 3.01. The maximum Gasteiger partial charge on any atom is 2.00 e. The van der Waals surface area contributed by atoms with Crippen LogP contribution < -0.4 is 0 Å². The molecule has 31 heavy (non-hydrogen) atoms. The van der Waals surface area contributed by atoms with Crippen LogP contribution >= 0.6 is 8.58 Å². The second-order valence-electron chi connectivity index (χ2n) is 7.85. The summed E-state index contributed by atoms with van der Waals surface area (Å²) in [6.45, 7) is 26.2. The van der Waals surface area contributed by atoms with Crippen LogP contribution in [0.5, 0.6) is 0 Å². The first-order valence-corrected chi connectivity index (χ1v) is 12.2. The molecule has 0 aliphatic heterocycles. The predicted molar refractivity (Wildman–Crippen MR) is 134 cm³/mol. The summed E-state index contributed by atoms with van der Waals surface area (Å²) in [5.74, 6) is 14.7. The van der Waals surface area contributed by atoms with E-state index in [2.05, 4.69) is 82.6 Å². The van der Waals surface area contributed by atoms with Crippen LogP contribution in [-0.2, 0) is 39.0 Å². The summed E-state index contributed by atoms with van der Waals surface area (Å²) in [5.41, 5.74) is 0. The Morgan fingerprint density at radius 2 is 0.419 bits per heavy atom. The summed E-state index contributed by atoms with van der Waals surface area (Å²) >= 11 is 0. The third-order valence-electron chi connectivity index (χ3n) is 6.29. The Bertz CT molecular complexity index is 267. The summed E-state index contributed by atoms with van der Waals surface area (Å²) in [7, 11) is 1.42. The molecule has 17 radical (unpaired) electrons. The van der Waals surface area contributed by atoms with Crippen molar-refractivity contribution >= 4 is 8.58 Å². The van der Waals surface area contributed by atoms with Crippen molar-refractivity contribution in [2.45, 2.75) is 69.2 Å². The van der Waals surface area contributed by atoms with Crippen molar-refractivity contribution in [3.63, 3.8) is 0 Å². The Morgan fingerprint density at radius 3 is 0.484 bits per heavy atom. The smallest absolute Gasteiger partial charge is 0.547 e. The van der Waals surface area contributed by atoms with Gasteiger partial charge >= 0.3 is 39.0 Å². The molecule has 0 N–H and O–H groups in total. The predicted octanol–water partition coefficient (Wildman–Crippen LogP) is 8.36. The van der Waals surface area contributed by atoms with Crippen LogP contribution in [-0.4, -0.2) is 13.3 Å². The van der Waals surface area contributed by atoms with Crippen molar-refractivity contribution in [1.29, 1.82) is 0 Å². The Morgan fingerprint density at radius 1 is 0.355 bits per heavy atom. The summed E-state index contributed by atoms with van der Waals surface area (Å²) in [4.78, 5) is 0. The van der Waals surface area contributed by atoms with Crippen molar-refractivity contribution < 1.29 is 39.0 Å². The van der Waals surface area contributed by atoms with Crippen LogP contribution in [0.15, 0.2) is 0 Å². The summed E-state index contributed by atoms with van der Waals surface area (Å²) in [6.07, 6.45) is 12.0. The molecule has 3 aliphatic carbocycles. The summed E-state index contributed by atoms with van der Waals surface area (Å²) < 4.78 is 0. The van der Waals surface area contributed by atoms with Gasteiger partial charge in [0, 0.05) is 0 Å². The van der Waals surface area contributed by atoms with Gasteiger partial charge in [-0.25, -0.2) is 0 Å². The molecule has 3 rings (SSSR count). The topological polar surface area (TPSA) is 0 Å². The molecule has 0 atom stereocenters. The molecule has 0 bridgehead atoms. The van der Waals surface area contributed by atoms with E-state index in [0.717, 1.165) is 0 Å². The molecule has 0 aromatic carbocycles. The number of hydrogen-bond donors (Lipinski definition) is 0. The molecule has 3 fully saturated rings. The zero-order valence-corrected chi connectivity index (χ0v) is 26.0. The van der Waals surface area contributed by atoms with E-state index in [1.165, 1.54) is 67.8 Å². The average molecular weight is 612 g/mol. The Balaban J connectivity index is -0.000000354. The molecule has 3 saturated carbocycles. The molecule has 173 valence electrons. The van der Waals surface area contributed by atoms with Gasteiger partial charge in [-0.15, -0.1) is 0 Å². The number of hydrogen-bond acceptors (Lipinski definition) is 0. The molecule has 0 spiro atoms. The van der Waals surface area contributed by atoms with Crippen LogP contribution in [0, 0.1) is 97.7 Å². The van der Waals surface area contributed by atoms with E-state index in [-0.39, 0.29) is 39.0 Å². The largest absolute Gasteiger partial charge is 2.00 e. The van der Waals surface area contributed by atoms with E-state index in [1.54, 1.807) is 0 Å². The second kappa shape index (κ2) is 19.9. The quantitative estimate of drug-likeness (QED) is 0.191. The second-order valence-corrected chi connectivity index (χ2v) is 8.75. The molecular weight excluding hydrogens is 569 g/mol. The molecular formula is C28H42PRu2+2. The van der Waals surface area contributed by atoms with Gasteiger partial charge in [0.1, 0.15) is 0 Å². The van der Waals surface area contributed by atoms with E-state index >= 15 is 0 Å². The van der Waals surface area contributed by atoms with Crippen molar-refractivity contribution in [3.05, 3.63) is 97.7 Å². The van der Waals surface area contributed by atoms with Gasteiger partial charge in [-0.1, -0.05) is 69.2 Å². The molecule has 0 saturated heterocycles. The first-order chi connectivity index (χ1) is 13.5. The van der Waals surface area contributed by atoms with Crippen LogP contribution in [0.3, 0.4) is 0 Å². The molecule has 0 aromatic rings. The van der Waals surface area contributed by atoms with Gasteiger partial charge in [0.15, 0.2) is 0 Å². The van der Waals surface area contributed by atoms with Gasteiger partial charge in [-0.2, -0.15) is 13.3 Å². The Hall–Kier alpha value is 1.68. The van der Waals surface area contributed by atoms with E-state index in [0.29, 0.717) is 0 Å². The fourth-order valence-electron chi connectivity index (χ4n) is 3.20. The molecule has 0 aromatic heterocycles. The maximum absolute atomic E-state index is 2.20. The Labute approximate surface area is 226 Å². The van der Waals surface area contributed by atoms with E-state index in [1.807, 2.05) is 38.5 Å². The molecule has 3 heteroatoms. The zero-order chi connectivity index (χ0) is 22.7. The van der Waals surface area contributed by atoms with Crippen LogP contribution in [0.1, 0.15) is 69.2 Å². The normalized spacial score (nSPS) is 23.6. The zero-order valence-electron chi connectivity index (χ0n) is 21.6. The molecule has 0 unspecified atom stereocenters. The van der Waals surface area contributed by atoms with Gasteiger partial charge in [0.2, 0.25) is 0 Å². The van der Waals surface area contributed by atoms with Gasteiger partial charge in [-0.3, -0.25) is 0 Å². The van der Waals surface area contributed by atoms with Crippen molar-refractivity contribution in [2.24, 2.45) is 0 Å². The van der Waals surface area contributed by atoms with Gasteiger partial charge in [0.05, 0.1) is 0 Å². The maximum atomic E-state index is 2.20. The molecule has 3 aliphatic rings. The van der Waals surface area contributed by atoms with Gasteiger partial charge in [0.25, 0.3) is 0 Å². The first kappa shape index (κ1) is 37.2. The first-order valence-electron chi connectivity index (χ1n) is 10.4. The Kier molecular flexibility index (Phi) is 23.9. The summed E-state index contributed by atoms with van der Waals surface area (Å²) in [5, 5.41) is 0. The molecule has 0 amide bonds. The minimum atomic E-state index is 0. The third kappa shape index (κ3) is 12.3. The third-order valence-corrected chi connectivity index (χ3v) is 6.29.